The maximum Gasteiger partial charge on any atom is 0.306 e. The summed E-state index contributed by atoms with van der Waals surface area (Å²) in [6, 6.07) is 0. The molecule has 0 N–H and O–H groups in total. The highest BCUT2D eigenvalue weighted by Gasteiger charge is 2.23. The van der Waals surface area contributed by atoms with Gasteiger partial charge in [0.25, 0.3) is 11.8 Å². The number of esters is 1. The van der Waals surface area contributed by atoms with Crippen molar-refractivity contribution in [1.82, 2.24) is 4.90 Å². The lowest BCUT2D eigenvalue weighted by Crippen LogP contribution is -2.32. The number of imide groups is 1. The molecule has 2 amide bonds. The number of hydrogen-bond donors (Lipinski definition) is 0. The van der Waals surface area contributed by atoms with E-state index in [1.807, 2.05) is 0 Å². The Bertz CT molecular complexity index is 785. The Kier molecular flexibility index (Phi) is 10.8. The first-order valence-corrected chi connectivity index (χ1v) is 10.7. The van der Waals surface area contributed by atoms with Gasteiger partial charge in [-0.25, -0.2) is 0 Å². The predicted molar refractivity (Wildman–Crippen MR) is 113 cm³/mol. The monoisotopic (exact) mass is 449 g/mol. The Morgan fingerprint density at radius 2 is 1.00 bits per heavy atom. The normalized spacial score (nSPS) is 13.4. The number of rotatable bonds is 15. The molecule has 1 aliphatic heterocycles. The van der Waals surface area contributed by atoms with E-state index in [-0.39, 0.29) is 87.5 Å². The molecule has 1 aliphatic rings. The highest BCUT2D eigenvalue weighted by atomic mass is 16.6. The van der Waals surface area contributed by atoms with Crippen molar-refractivity contribution >= 4 is 40.9 Å². The Balaban J connectivity index is 2.14. The van der Waals surface area contributed by atoms with Crippen LogP contribution in [-0.4, -0.2) is 58.0 Å². The molecule has 0 aromatic rings. The van der Waals surface area contributed by atoms with Gasteiger partial charge < -0.3 is 4.74 Å². The molecule has 9 heteroatoms. The second-order valence-electron chi connectivity index (χ2n) is 8.65. The molecule has 176 valence electrons. The average molecular weight is 450 g/mol. The zero-order chi connectivity index (χ0) is 24.3. The van der Waals surface area contributed by atoms with Crippen molar-refractivity contribution < 1.29 is 38.3 Å². The number of nitrogens with zero attached hydrogens (tertiary/aromatic N) is 1. The van der Waals surface area contributed by atoms with Crippen LogP contribution in [0.1, 0.15) is 78.6 Å². The smallest absolute Gasteiger partial charge is 0.306 e. The first kappa shape index (κ1) is 27.1. The van der Waals surface area contributed by atoms with E-state index in [1.54, 1.807) is 20.8 Å². The fourth-order valence-corrected chi connectivity index (χ4v) is 2.86. The molecule has 1 rings (SSSR count). The van der Waals surface area contributed by atoms with Crippen molar-refractivity contribution in [2.45, 2.75) is 84.2 Å². The van der Waals surface area contributed by atoms with E-state index < -0.39 is 23.4 Å². The third kappa shape index (κ3) is 11.4. The minimum Gasteiger partial charge on any atom is -0.460 e. The first-order valence-electron chi connectivity index (χ1n) is 10.7. The Morgan fingerprint density at radius 3 is 1.38 bits per heavy atom. The summed E-state index contributed by atoms with van der Waals surface area (Å²) in [7, 11) is 0. The summed E-state index contributed by atoms with van der Waals surface area (Å²) in [5.41, 5.74) is -0.614. The maximum absolute atomic E-state index is 11.9. The SMILES string of the molecule is CC(C)(C)OC(=O)CCC(=O)CCC(=O)CCC(=O)CCC(=O)CCN1C(=O)C=CC1=O. The largest absolute Gasteiger partial charge is 0.460 e. The Morgan fingerprint density at radius 1 is 0.656 bits per heavy atom. The van der Waals surface area contributed by atoms with Gasteiger partial charge in [-0.15, -0.1) is 0 Å². The van der Waals surface area contributed by atoms with E-state index in [0.29, 0.717) is 0 Å². The summed E-state index contributed by atoms with van der Waals surface area (Å²) in [5, 5.41) is 0. The standard InChI is InChI=1S/C23H31NO8/c1-23(2,3)32-22(31)13-10-18(27)7-6-16(25)4-5-17(26)8-9-19(28)14-15-24-20(29)11-12-21(24)30/h11-12H,4-10,13-15H2,1-3H3. The van der Waals surface area contributed by atoms with Crippen molar-refractivity contribution in [1.29, 1.82) is 0 Å². The maximum atomic E-state index is 11.9. The molecule has 0 aromatic carbocycles. The van der Waals surface area contributed by atoms with Gasteiger partial charge in [-0.3, -0.25) is 38.5 Å². The average Bonchev–Trinajstić information content (AvgIpc) is 3.02. The van der Waals surface area contributed by atoms with Crippen LogP contribution < -0.4 is 0 Å². The number of carbonyl (C=O) groups is 7. The molecular weight excluding hydrogens is 418 g/mol. The molecule has 0 bridgehead atoms. The van der Waals surface area contributed by atoms with E-state index in [0.717, 1.165) is 17.1 Å². The molecule has 0 unspecified atom stereocenters. The van der Waals surface area contributed by atoms with Crippen molar-refractivity contribution in [3.63, 3.8) is 0 Å². The highest BCUT2D eigenvalue weighted by Crippen LogP contribution is 2.11. The molecule has 1 heterocycles. The van der Waals surface area contributed by atoms with E-state index in [4.69, 9.17) is 4.74 Å². The summed E-state index contributed by atoms with van der Waals surface area (Å²) in [6.07, 6.45) is 2.21. The second kappa shape index (κ2) is 12.8. The van der Waals surface area contributed by atoms with Crippen LogP contribution in [0.2, 0.25) is 0 Å². The lowest BCUT2D eigenvalue weighted by molar-refractivity contribution is -0.155. The zero-order valence-corrected chi connectivity index (χ0v) is 18.9. The molecule has 0 atom stereocenters. The van der Waals surface area contributed by atoms with Gasteiger partial charge in [0.05, 0.1) is 6.42 Å². The molecular formula is C23H31NO8. The minimum absolute atomic E-state index is 0.00514. The summed E-state index contributed by atoms with van der Waals surface area (Å²) >= 11 is 0. The van der Waals surface area contributed by atoms with Gasteiger partial charge in [0.1, 0.15) is 28.7 Å². The van der Waals surface area contributed by atoms with Crippen LogP contribution >= 0.6 is 0 Å². The van der Waals surface area contributed by atoms with Crippen LogP contribution in [0.25, 0.3) is 0 Å². The fourth-order valence-electron chi connectivity index (χ4n) is 2.86. The predicted octanol–water partition coefficient (Wildman–Crippen LogP) is 2.04. The van der Waals surface area contributed by atoms with Crippen molar-refractivity contribution in [3.8, 4) is 0 Å². The number of carbonyl (C=O) groups excluding carboxylic acids is 7. The molecule has 9 nitrogen and oxygen atoms in total. The molecule has 32 heavy (non-hydrogen) atoms. The topological polar surface area (TPSA) is 132 Å². The van der Waals surface area contributed by atoms with Crippen molar-refractivity contribution in [3.05, 3.63) is 12.2 Å². The van der Waals surface area contributed by atoms with Crippen molar-refractivity contribution in [2.24, 2.45) is 0 Å². The molecule has 0 aliphatic carbocycles. The molecule has 0 saturated heterocycles. The van der Waals surface area contributed by atoms with Gasteiger partial charge in [0.2, 0.25) is 0 Å². The van der Waals surface area contributed by atoms with Crippen LogP contribution in [0.3, 0.4) is 0 Å². The molecule has 0 saturated carbocycles. The Labute approximate surface area is 187 Å². The van der Waals surface area contributed by atoms with Crippen LogP contribution in [0.5, 0.6) is 0 Å². The molecule has 0 aromatic heterocycles. The molecule has 0 radical (unpaired) electrons. The minimum atomic E-state index is -0.614. The second-order valence-corrected chi connectivity index (χ2v) is 8.65. The van der Waals surface area contributed by atoms with Crippen molar-refractivity contribution in [2.75, 3.05) is 6.54 Å². The lowest BCUT2D eigenvalue weighted by atomic mass is 10.0. The summed E-state index contributed by atoms with van der Waals surface area (Å²) in [4.78, 5) is 82.8. The summed E-state index contributed by atoms with van der Waals surface area (Å²) in [5.74, 6) is -2.31. The van der Waals surface area contributed by atoms with Crippen LogP contribution in [0.15, 0.2) is 12.2 Å². The number of amides is 2. The van der Waals surface area contributed by atoms with E-state index in [1.165, 1.54) is 0 Å². The quantitative estimate of drug-likeness (QED) is 0.274. The van der Waals surface area contributed by atoms with E-state index in [2.05, 4.69) is 0 Å². The Hall–Kier alpha value is -2.97. The number of ether oxygens (including phenoxy) is 1. The number of hydrogen-bond acceptors (Lipinski definition) is 8. The van der Waals surface area contributed by atoms with E-state index in [9.17, 15) is 33.6 Å². The first-order chi connectivity index (χ1) is 14.9. The highest BCUT2D eigenvalue weighted by molar-refractivity contribution is 6.13. The fraction of sp³-hybridized carbons (Fsp3) is 0.609. The van der Waals surface area contributed by atoms with Gasteiger partial charge in [-0.2, -0.15) is 0 Å². The van der Waals surface area contributed by atoms with Gasteiger partial charge in [0.15, 0.2) is 0 Å². The van der Waals surface area contributed by atoms with Gasteiger partial charge >= 0.3 is 5.97 Å². The van der Waals surface area contributed by atoms with Crippen LogP contribution in [0.4, 0.5) is 0 Å². The van der Waals surface area contributed by atoms with Gasteiger partial charge in [-0.05, 0) is 20.8 Å². The summed E-state index contributed by atoms with van der Waals surface area (Å²) < 4.78 is 5.11. The number of Topliss-reactive ketones (excluding diaryl/α,β-unsaturated/α-hetero) is 4. The third-order valence-corrected chi connectivity index (χ3v) is 4.59. The van der Waals surface area contributed by atoms with Crippen LogP contribution in [0, 0.1) is 0 Å². The van der Waals surface area contributed by atoms with Crippen LogP contribution in [-0.2, 0) is 38.3 Å². The number of ketones is 4. The van der Waals surface area contributed by atoms with E-state index >= 15 is 0 Å². The third-order valence-electron chi connectivity index (χ3n) is 4.59. The molecule has 0 spiro atoms. The zero-order valence-electron chi connectivity index (χ0n) is 18.9. The molecule has 0 fully saturated rings. The van der Waals surface area contributed by atoms with Gasteiger partial charge in [0, 0.05) is 70.1 Å². The van der Waals surface area contributed by atoms with Gasteiger partial charge in [-0.1, -0.05) is 0 Å². The summed E-state index contributed by atoms with van der Waals surface area (Å²) in [6.45, 7) is 5.19. The lowest BCUT2D eigenvalue weighted by Gasteiger charge is -2.19.